The Kier molecular flexibility index (Phi) is 2.82. The summed E-state index contributed by atoms with van der Waals surface area (Å²) in [6, 6.07) is 3.54. The molecule has 17 heavy (non-hydrogen) atoms. The van der Waals surface area contributed by atoms with Gasteiger partial charge in [0.25, 0.3) is 0 Å². The fourth-order valence-corrected chi connectivity index (χ4v) is 1.51. The van der Waals surface area contributed by atoms with Crippen LogP contribution in [0.3, 0.4) is 0 Å². The monoisotopic (exact) mass is 232 g/mol. The second kappa shape index (κ2) is 4.29. The van der Waals surface area contributed by atoms with E-state index in [2.05, 4.69) is 5.10 Å². The average molecular weight is 232 g/mol. The molecule has 0 atom stereocenters. The molecule has 0 saturated carbocycles. The molecule has 2 aromatic heterocycles. The van der Waals surface area contributed by atoms with Crippen LogP contribution < -0.4 is 0 Å². The van der Waals surface area contributed by atoms with Crippen LogP contribution in [-0.2, 0) is 11.8 Å². The van der Waals surface area contributed by atoms with Gasteiger partial charge in [-0.15, -0.1) is 0 Å². The fourth-order valence-electron chi connectivity index (χ4n) is 1.51. The first kappa shape index (κ1) is 11.2. The number of furan rings is 1. The molecule has 0 aromatic carbocycles. The van der Waals surface area contributed by atoms with Gasteiger partial charge in [-0.3, -0.25) is 4.68 Å². The third-order valence-electron chi connectivity index (χ3n) is 2.32. The highest BCUT2D eigenvalue weighted by atomic mass is 16.4. The summed E-state index contributed by atoms with van der Waals surface area (Å²) in [4.78, 5) is 10.5. The van der Waals surface area contributed by atoms with Crippen LogP contribution in [0.15, 0.2) is 35.0 Å². The molecule has 5 heteroatoms. The van der Waals surface area contributed by atoms with Crippen molar-refractivity contribution in [2.75, 3.05) is 0 Å². The largest absolute Gasteiger partial charge is 0.478 e. The van der Waals surface area contributed by atoms with Crippen LogP contribution >= 0.6 is 0 Å². The van der Waals surface area contributed by atoms with Crippen molar-refractivity contribution in [2.45, 2.75) is 6.92 Å². The molecule has 0 aliphatic carbocycles. The Hall–Kier alpha value is -2.30. The lowest BCUT2D eigenvalue weighted by Gasteiger charge is -1.94. The van der Waals surface area contributed by atoms with E-state index < -0.39 is 5.97 Å². The number of hydrogen-bond donors (Lipinski definition) is 1. The number of nitrogens with zero attached hydrogens (tertiary/aromatic N) is 2. The molecule has 0 unspecified atom stereocenters. The molecular weight excluding hydrogens is 220 g/mol. The Morgan fingerprint density at radius 1 is 1.53 bits per heavy atom. The van der Waals surface area contributed by atoms with Gasteiger partial charge >= 0.3 is 5.97 Å². The number of aryl methyl sites for hydroxylation is 1. The molecular formula is C12H12N2O3. The van der Waals surface area contributed by atoms with Gasteiger partial charge in [0, 0.05) is 19.3 Å². The highest BCUT2D eigenvalue weighted by Gasteiger charge is 2.08. The van der Waals surface area contributed by atoms with Crippen molar-refractivity contribution in [3.05, 3.63) is 36.4 Å². The van der Waals surface area contributed by atoms with E-state index in [0.717, 1.165) is 11.6 Å². The summed E-state index contributed by atoms with van der Waals surface area (Å²) >= 11 is 0. The molecule has 2 aromatic rings. The summed E-state index contributed by atoms with van der Waals surface area (Å²) in [5, 5.41) is 12.7. The van der Waals surface area contributed by atoms with E-state index in [1.54, 1.807) is 29.9 Å². The molecule has 2 heterocycles. The Labute approximate surface area is 98.0 Å². The number of carbonyl (C=O) groups is 1. The molecule has 0 aliphatic rings. The Morgan fingerprint density at radius 3 is 2.88 bits per heavy atom. The van der Waals surface area contributed by atoms with Crippen LogP contribution in [0.4, 0.5) is 0 Å². The van der Waals surface area contributed by atoms with E-state index in [4.69, 9.17) is 9.52 Å². The SMILES string of the molecule is C/C(=C\C(=O)O)c1ccc(-c2cnn(C)c2)o1. The minimum absolute atomic E-state index is 0.547. The lowest BCUT2D eigenvalue weighted by atomic mass is 10.2. The Balaban J connectivity index is 2.30. The highest BCUT2D eigenvalue weighted by molar-refractivity contribution is 5.88. The van der Waals surface area contributed by atoms with Gasteiger partial charge in [0.1, 0.15) is 11.5 Å². The maximum Gasteiger partial charge on any atom is 0.328 e. The summed E-state index contributed by atoms with van der Waals surface area (Å²) in [7, 11) is 1.82. The van der Waals surface area contributed by atoms with Crippen molar-refractivity contribution < 1.29 is 14.3 Å². The number of aromatic nitrogens is 2. The van der Waals surface area contributed by atoms with Crippen LogP contribution in [0.25, 0.3) is 16.9 Å². The van der Waals surface area contributed by atoms with Crippen LogP contribution in [0.1, 0.15) is 12.7 Å². The topological polar surface area (TPSA) is 68.3 Å². The summed E-state index contributed by atoms with van der Waals surface area (Å²) in [6.45, 7) is 1.69. The van der Waals surface area contributed by atoms with E-state index >= 15 is 0 Å². The first-order valence-electron chi connectivity index (χ1n) is 5.06. The van der Waals surface area contributed by atoms with Crippen LogP contribution in [0.2, 0.25) is 0 Å². The molecule has 0 fully saturated rings. The van der Waals surface area contributed by atoms with E-state index in [0.29, 0.717) is 17.1 Å². The molecule has 0 amide bonds. The number of aliphatic carboxylic acids is 1. The van der Waals surface area contributed by atoms with E-state index in [1.807, 2.05) is 13.2 Å². The predicted molar refractivity (Wildman–Crippen MR) is 62.2 cm³/mol. The zero-order chi connectivity index (χ0) is 12.4. The first-order chi connectivity index (χ1) is 8.06. The molecule has 5 nitrogen and oxygen atoms in total. The quantitative estimate of drug-likeness (QED) is 0.823. The molecule has 2 rings (SSSR count). The van der Waals surface area contributed by atoms with Crippen molar-refractivity contribution in [1.82, 2.24) is 9.78 Å². The number of allylic oxidation sites excluding steroid dienone is 1. The zero-order valence-corrected chi connectivity index (χ0v) is 9.54. The molecule has 0 bridgehead atoms. The molecule has 0 radical (unpaired) electrons. The minimum Gasteiger partial charge on any atom is -0.478 e. The standard InChI is InChI=1S/C12H12N2O3/c1-8(5-12(15)16)10-3-4-11(17-10)9-6-13-14(2)7-9/h3-7H,1-2H3,(H,15,16)/b8-5+. The van der Waals surface area contributed by atoms with Crippen molar-refractivity contribution >= 4 is 11.5 Å². The lowest BCUT2D eigenvalue weighted by Crippen LogP contribution is -1.88. The number of hydrogen-bond acceptors (Lipinski definition) is 3. The molecule has 0 saturated heterocycles. The lowest BCUT2D eigenvalue weighted by molar-refractivity contribution is -0.131. The zero-order valence-electron chi connectivity index (χ0n) is 9.54. The molecule has 0 spiro atoms. The van der Waals surface area contributed by atoms with Gasteiger partial charge in [0.15, 0.2) is 0 Å². The van der Waals surface area contributed by atoms with Crippen molar-refractivity contribution in [3.63, 3.8) is 0 Å². The second-order valence-electron chi connectivity index (χ2n) is 3.73. The van der Waals surface area contributed by atoms with Crippen LogP contribution in [0.5, 0.6) is 0 Å². The fraction of sp³-hybridized carbons (Fsp3) is 0.167. The van der Waals surface area contributed by atoms with Gasteiger partial charge in [-0.2, -0.15) is 5.10 Å². The normalized spacial score (nSPS) is 11.8. The van der Waals surface area contributed by atoms with Crippen molar-refractivity contribution in [3.8, 4) is 11.3 Å². The summed E-state index contributed by atoms with van der Waals surface area (Å²) < 4.78 is 7.24. The summed E-state index contributed by atoms with van der Waals surface area (Å²) in [5.74, 6) is 0.235. The minimum atomic E-state index is -0.984. The third-order valence-corrected chi connectivity index (χ3v) is 2.32. The Bertz CT molecular complexity index is 578. The summed E-state index contributed by atoms with van der Waals surface area (Å²) in [5.41, 5.74) is 1.44. The van der Waals surface area contributed by atoms with E-state index in [-0.39, 0.29) is 0 Å². The number of carboxylic acid groups (broad SMARTS) is 1. The summed E-state index contributed by atoms with van der Waals surface area (Å²) in [6.07, 6.45) is 4.64. The van der Waals surface area contributed by atoms with Crippen LogP contribution in [-0.4, -0.2) is 20.9 Å². The second-order valence-corrected chi connectivity index (χ2v) is 3.73. The maximum absolute atomic E-state index is 10.5. The van der Waals surface area contributed by atoms with Gasteiger partial charge in [-0.1, -0.05) is 0 Å². The highest BCUT2D eigenvalue weighted by Crippen LogP contribution is 2.25. The Morgan fingerprint density at radius 2 is 2.29 bits per heavy atom. The first-order valence-corrected chi connectivity index (χ1v) is 5.06. The van der Waals surface area contributed by atoms with E-state index in [1.165, 1.54) is 0 Å². The average Bonchev–Trinajstić information content (AvgIpc) is 2.84. The predicted octanol–water partition coefficient (Wildman–Crippen LogP) is 2.17. The number of carboxylic acids is 1. The number of rotatable bonds is 3. The van der Waals surface area contributed by atoms with Gasteiger partial charge in [0.2, 0.25) is 0 Å². The maximum atomic E-state index is 10.5. The third kappa shape index (κ3) is 2.44. The molecule has 0 aliphatic heterocycles. The van der Waals surface area contributed by atoms with Crippen molar-refractivity contribution in [2.24, 2.45) is 7.05 Å². The van der Waals surface area contributed by atoms with Gasteiger partial charge in [0.05, 0.1) is 11.8 Å². The van der Waals surface area contributed by atoms with Gasteiger partial charge in [-0.25, -0.2) is 4.79 Å². The van der Waals surface area contributed by atoms with E-state index in [9.17, 15) is 4.79 Å². The van der Waals surface area contributed by atoms with Crippen molar-refractivity contribution in [1.29, 1.82) is 0 Å². The van der Waals surface area contributed by atoms with Gasteiger partial charge < -0.3 is 9.52 Å². The van der Waals surface area contributed by atoms with Crippen LogP contribution in [0, 0.1) is 0 Å². The molecule has 88 valence electrons. The molecule has 1 N–H and O–H groups in total. The van der Waals surface area contributed by atoms with Gasteiger partial charge in [-0.05, 0) is 24.6 Å². The smallest absolute Gasteiger partial charge is 0.328 e.